The molecule has 0 bridgehead atoms. The van der Waals surface area contributed by atoms with Crippen molar-refractivity contribution in [2.75, 3.05) is 23.7 Å². The van der Waals surface area contributed by atoms with E-state index in [9.17, 15) is 9.59 Å². The standard InChI is InChI=1S/C16H21N3O2/c1-16(6-8-17-9-7-16)15(21)18-12-3-4-13-11(10-12)2-5-14(20)19-13/h3-4,10,17H,2,5-9H2,1H3,(H,18,21)(H,19,20). The van der Waals surface area contributed by atoms with Crippen LogP contribution in [0, 0.1) is 5.41 Å². The van der Waals surface area contributed by atoms with Gasteiger partial charge in [0.25, 0.3) is 0 Å². The second-order valence-electron chi connectivity index (χ2n) is 6.18. The molecule has 1 aromatic carbocycles. The number of carbonyl (C=O) groups excluding carboxylic acids is 2. The first-order valence-corrected chi connectivity index (χ1v) is 7.52. The van der Waals surface area contributed by atoms with Crippen molar-refractivity contribution in [2.45, 2.75) is 32.6 Å². The largest absolute Gasteiger partial charge is 0.326 e. The van der Waals surface area contributed by atoms with Crippen LogP contribution in [-0.4, -0.2) is 24.9 Å². The minimum atomic E-state index is -0.296. The van der Waals surface area contributed by atoms with Crippen LogP contribution >= 0.6 is 0 Å². The van der Waals surface area contributed by atoms with Gasteiger partial charge >= 0.3 is 0 Å². The van der Waals surface area contributed by atoms with E-state index in [1.807, 2.05) is 25.1 Å². The molecule has 2 heterocycles. The predicted octanol–water partition coefficient (Wildman–Crippen LogP) is 1.90. The van der Waals surface area contributed by atoms with E-state index in [1.54, 1.807) is 0 Å². The molecule has 0 atom stereocenters. The van der Waals surface area contributed by atoms with Gasteiger partial charge in [-0.25, -0.2) is 0 Å². The Morgan fingerprint density at radius 2 is 2.00 bits per heavy atom. The van der Waals surface area contributed by atoms with Crippen molar-refractivity contribution in [3.8, 4) is 0 Å². The average molecular weight is 287 g/mol. The van der Waals surface area contributed by atoms with Crippen molar-refractivity contribution in [1.82, 2.24) is 5.32 Å². The summed E-state index contributed by atoms with van der Waals surface area (Å²) in [7, 11) is 0. The Morgan fingerprint density at radius 3 is 2.76 bits per heavy atom. The summed E-state index contributed by atoms with van der Waals surface area (Å²) < 4.78 is 0. The lowest BCUT2D eigenvalue weighted by molar-refractivity contribution is -0.126. The van der Waals surface area contributed by atoms with E-state index in [-0.39, 0.29) is 17.2 Å². The zero-order chi connectivity index (χ0) is 14.9. The highest BCUT2D eigenvalue weighted by molar-refractivity contribution is 5.97. The quantitative estimate of drug-likeness (QED) is 0.778. The van der Waals surface area contributed by atoms with E-state index in [0.29, 0.717) is 6.42 Å². The molecular weight excluding hydrogens is 266 g/mol. The molecule has 0 aromatic heterocycles. The van der Waals surface area contributed by atoms with Gasteiger partial charge in [0.05, 0.1) is 0 Å². The van der Waals surface area contributed by atoms with Gasteiger partial charge in [-0.05, 0) is 56.1 Å². The SMILES string of the molecule is CC1(C(=O)Nc2ccc3c(c2)CCC(=O)N3)CCNCC1. The van der Waals surface area contributed by atoms with Crippen LogP contribution in [0.3, 0.4) is 0 Å². The van der Waals surface area contributed by atoms with Crippen molar-refractivity contribution >= 4 is 23.2 Å². The number of anilines is 2. The maximum absolute atomic E-state index is 12.5. The van der Waals surface area contributed by atoms with Gasteiger partial charge < -0.3 is 16.0 Å². The van der Waals surface area contributed by atoms with Gasteiger partial charge in [0, 0.05) is 23.2 Å². The molecule has 0 radical (unpaired) electrons. The van der Waals surface area contributed by atoms with Crippen molar-refractivity contribution in [1.29, 1.82) is 0 Å². The number of fused-ring (bicyclic) bond motifs is 1. The smallest absolute Gasteiger partial charge is 0.230 e. The monoisotopic (exact) mass is 287 g/mol. The molecule has 0 spiro atoms. The second-order valence-corrected chi connectivity index (χ2v) is 6.18. The number of hydrogen-bond donors (Lipinski definition) is 3. The normalized spacial score (nSPS) is 20.3. The minimum absolute atomic E-state index is 0.0569. The average Bonchev–Trinajstić information content (AvgIpc) is 2.48. The van der Waals surface area contributed by atoms with Gasteiger partial charge in [-0.1, -0.05) is 6.92 Å². The molecule has 112 valence electrons. The van der Waals surface area contributed by atoms with Crippen LogP contribution in [-0.2, 0) is 16.0 Å². The molecule has 0 saturated carbocycles. The lowest BCUT2D eigenvalue weighted by Gasteiger charge is -2.32. The molecule has 1 aromatic rings. The third kappa shape index (κ3) is 2.93. The Bertz CT molecular complexity index is 577. The van der Waals surface area contributed by atoms with Crippen LogP contribution in [0.15, 0.2) is 18.2 Å². The second kappa shape index (κ2) is 5.48. The number of nitrogens with one attached hydrogen (secondary N) is 3. The van der Waals surface area contributed by atoms with Gasteiger partial charge in [-0.15, -0.1) is 0 Å². The van der Waals surface area contributed by atoms with Crippen LogP contribution in [0.2, 0.25) is 0 Å². The Hall–Kier alpha value is -1.88. The zero-order valence-electron chi connectivity index (χ0n) is 12.3. The van der Waals surface area contributed by atoms with Crippen molar-refractivity contribution < 1.29 is 9.59 Å². The van der Waals surface area contributed by atoms with Crippen LogP contribution < -0.4 is 16.0 Å². The highest BCUT2D eigenvalue weighted by atomic mass is 16.2. The van der Waals surface area contributed by atoms with Crippen molar-refractivity contribution in [3.05, 3.63) is 23.8 Å². The number of amides is 2. The van der Waals surface area contributed by atoms with E-state index in [1.165, 1.54) is 0 Å². The fourth-order valence-electron chi connectivity index (χ4n) is 2.95. The van der Waals surface area contributed by atoms with Crippen LogP contribution in [0.25, 0.3) is 0 Å². The Balaban J connectivity index is 1.73. The number of benzene rings is 1. The van der Waals surface area contributed by atoms with E-state index < -0.39 is 0 Å². The molecule has 3 N–H and O–H groups in total. The van der Waals surface area contributed by atoms with Gasteiger partial charge in [-0.2, -0.15) is 0 Å². The number of aryl methyl sites for hydroxylation is 1. The lowest BCUT2D eigenvalue weighted by Crippen LogP contribution is -2.42. The summed E-state index contributed by atoms with van der Waals surface area (Å²) in [5.41, 5.74) is 2.46. The molecule has 1 fully saturated rings. The summed E-state index contributed by atoms with van der Waals surface area (Å²) in [6.45, 7) is 3.81. The molecule has 0 unspecified atom stereocenters. The molecule has 5 nitrogen and oxygen atoms in total. The number of hydrogen-bond acceptors (Lipinski definition) is 3. The fraction of sp³-hybridized carbons (Fsp3) is 0.500. The Labute approximate surface area is 124 Å². The maximum Gasteiger partial charge on any atom is 0.230 e. The topological polar surface area (TPSA) is 70.2 Å². The highest BCUT2D eigenvalue weighted by Crippen LogP contribution is 2.31. The van der Waals surface area contributed by atoms with Crippen molar-refractivity contribution in [3.63, 3.8) is 0 Å². The van der Waals surface area contributed by atoms with Crippen LogP contribution in [0.5, 0.6) is 0 Å². The van der Waals surface area contributed by atoms with Gasteiger partial charge in [0.15, 0.2) is 0 Å². The molecular formula is C16H21N3O2. The Kier molecular flexibility index (Phi) is 3.68. The molecule has 5 heteroatoms. The van der Waals surface area contributed by atoms with Crippen LogP contribution in [0.1, 0.15) is 31.7 Å². The van der Waals surface area contributed by atoms with Crippen LogP contribution in [0.4, 0.5) is 11.4 Å². The first-order chi connectivity index (χ1) is 10.1. The van der Waals surface area contributed by atoms with Crippen molar-refractivity contribution in [2.24, 2.45) is 5.41 Å². The summed E-state index contributed by atoms with van der Waals surface area (Å²) >= 11 is 0. The number of piperidine rings is 1. The molecule has 1 saturated heterocycles. The Morgan fingerprint density at radius 1 is 1.24 bits per heavy atom. The molecule has 21 heavy (non-hydrogen) atoms. The minimum Gasteiger partial charge on any atom is -0.326 e. The van der Waals surface area contributed by atoms with E-state index in [2.05, 4.69) is 16.0 Å². The molecule has 2 amide bonds. The molecule has 0 aliphatic carbocycles. The fourth-order valence-corrected chi connectivity index (χ4v) is 2.95. The zero-order valence-corrected chi connectivity index (χ0v) is 12.3. The summed E-state index contributed by atoms with van der Waals surface area (Å²) in [6.07, 6.45) is 2.96. The number of rotatable bonds is 2. The molecule has 3 rings (SSSR count). The maximum atomic E-state index is 12.5. The first kappa shape index (κ1) is 14.1. The van der Waals surface area contributed by atoms with Gasteiger partial charge in [0.2, 0.25) is 11.8 Å². The summed E-state index contributed by atoms with van der Waals surface area (Å²) in [6, 6.07) is 5.69. The summed E-state index contributed by atoms with van der Waals surface area (Å²) in [4.78, 5) is 23.9. The van der Waals surface area contributed by atoms with Gasteiger partial charge in [0.1, 0.15) is 0 Å². The van der Waals surface area contributed by atoms with E-state index in [4.69, 9.17) is 0 Å². The summed E-state index contributed by atoms with van der Waals surface area (Å²) in [5.74, 6) is 0.144. The predicted molar refractivity (Wildman–Crippen MR) is 82.2 cm³/mol. The van der Waals surface area contributed by atoms with E-state index in [0.717, 1.165) is 49.3 Å². The third-order valence-electron chi connectivity index (χ3n) is 4.51. The number of carbonyl (C=O) groups is 2. The third-order valence-corrected chi connectivity index (χ3v) is 4.51. The van der Waals surface area contributed by atoms with Gasteiger partial charge in [-0.3, -0.25) is 9.59 Å². The first-order valence-electron chi connectivity index (χ1n) is 7.52. The van der Waals surface area contributed by atoms with E-state index >= 15 is 0 Å². The highest BCUT2D eigenvalue weighted by Gasteiger charge is 2.34. The summed E-state index contributed by atoms with van der Waals surface area (Å²) in [5, 5.41) is 9.17. The molecule has 2 aliphatic heterocycles. The molecule has 2 aliphatic rings. The lowest BCUT2D eigenvalue weighted by atomic mass is 9.80.